The molecule has 0 aliphatic heterocycles. The number of para-hydroxylation sites is 1. The van der Waals surface area contributed by atoms with Gasteiger partial charge in [0, 0.05) is 62.1 Å². The summed E-state index contributed by atoms with van der Waals surface area (Å²) in [5.74, 6) is 1.21. The summed E-state index contributed by atoms with van der Waals surface area (Å²) >= 11 is 2.98. The van der Waals surface area contributed by atoms with E-state index < -0.39 is 0 Å². The van der Waals surface area contributed by atoms with E-state index in [9.17, 15) is 9.59 Å². The van der Waals surface area contributed by atoms with E-state index in [1.807, 2.05) is 43.7 Å². The maximum absolute atomic E-state index is 12.5. The Morgan fingerprint density at radius 3 is 1.97 bits per heavy atom. The molecule has 328 valence electrons. The quantitative estimate of drug-likeness (QED) is 0.104. The summed E-state index contributed by atoms with van der Waals surface area (Å²) in [5, 5.41) is 24.4. The van der Waals surface area contributed by atoms with Gasteiger partial charge < -0.3 is 21.3 Å². The van der Waals surface area contributed by atoms with Crippen LogP contribution in [0.4, 0.5) is 21.9 Å². The van der Waals surface area contributed by atoms with Crippen LogP contribution in [0.5, 0.6) is 0 Å². The Kier molecular flexibility index (Phi) is 11.1. The number of aromatic nitrogens is 8. The van der Waals surface area contributed by atoms with Gasteiger partial charge in [0.25, 0.3) is 0 Å². The summed E-state index contributed by atoms with van der Waals surface area (Å²) in [5.41, 5.74) is 14.9. The van der Waals surface area contributed by atoms with Gasteiger partial charge in [0.1, 0.15) is 11.6 Å². The van der Waals surface area contributed by atoms with E-state index >= 15 is 0 Å². The van der Waals surface area contributed by atoms with Crippen LogP contribution < -0.4 is 21.3 Å². The number of carbonyl (C=O) groups excluding carboxylic acids is 2. The summed E-state index contributed by atoms with van der Waals surface area (Å²) in [6.45, 7) is 10.1. The van der Waals surface area contributed by atoms with E-state index in [1.54, 1.807) is 0 Å². The van der Waals surface area contributed by atoms with Crippen molar-refractivity contribution in [1.29, 1.82) is 0 Å². The molecule has 6 heterocycles. The lowest BCUT2D eigenvalue weighted by molar-refractivity contribution is -0.115. The van der Waals surface area contributed by atoms with E-state index in [0.717, 1.165) is 132 Å². The van der Waals surface area contributed by atoms with Crippen molar-refractivity contribution in [3.8, 4) is 55.0 Å². The highest BCUT2D eigenvalue weighted by Gasteiger charge is 2.35. The van der Waals surface area contributed by atoms with E-state index in [-0.39, 0.29) is 17.7 Å². The number of hydrogen-bond acceptors (Lipinski definition) is 12. The van der Waals surface area contributed by atoms with Crippen molar-refractivity contribution in [2.45, 2.75) is 72.6 Å². The number of aryl methyl sites for hydroxylation is 2. The van der Waals surface area contributed by atoms with Crippen LogP contribution in [0.15, 0.2) is 79.1 Å². The van der Waals surface area contributed by atoms with Gasteiger partial charge in [-0.15, -0.1) is 0 Å². The fraction of sp³-hybridized carbons (Fsp3) is 0.265. The molecule has 0 bridgehead atoms. The van der Waals surface area contributed by atoms with Crippen LogP contribution in [0.2, 0.25) is 0 Å². The minimum absolute atomic E-state index is 0.0400. The number of nitrogens with one attached hydrogen (secondary N) is 4. The molecule has 0 fully saturated rings. The lowest BCUT2D eigenvalue weighted by atomic mass is 9.86. The minimum atomic E-state index is -0.172. The van der Waals surface area contributed by atoms with Gasteiger partial charge in [-0.1, -0.05) is 53.0 Å². The standard InChI is InChI=1S/C49H48N12O2S2/c1-7-51-41-21-19-31(25-53-41)43-35-22-32(23-37-47(65-49(57-37)55-29(5)63)45(35)60(59-43)38-16-9-8-12-26(38)2)33-13-11-17-39(27(33)3)61-44-34(42(58-61)30-18-20-40(50-6)52-24-30)14-10-15-36-46(44)64-48(56-36)54-28(4)62/h8-9,11-13,16-21,24-25,32H,7,10,14-15,22-23H2,1-6H3,(H,50,52)(H,51,53)(H,54,56,62)(H,55,57,63). The summed E-state index contributed by atoms with van der Waals surface area (Å²) < 4.78 is 4.17. The molecule has 6 aromatic heterocycles. The van der Waals surface area contributed by atoms with Gasteiger partial charge in [-0.2, -0.15) is 10.2 Å². The van der Waals surface area contributed by atoms with Gasteiger partial charge in [0.05, 0.1) is 55.3 Å². The summed E-state index contributed by atoms with van der Waals surface area (Å²) in [6, 6.07) is 22.9. The maximum Gasteiger partial charge on any atom is 0.223 e. The van der Waals surface area contributed by atoms with Crippen molar-refractivity contribution >= 4 is 56.4 Å². The summed E-state index contributed by atoms with van der Waals surface area (Å²) in [6.07, 6.45) is 7.55. The molecule has 1 unspecified atom stereocenters. The van der Waals surface area contributed by atoms with Crippen molar-refractivity contribution in [3.63, 3.8) is 0 Å². The zero-order valence-corrected chi connectivity index (χ0v) is 38.7. The molecule has 2 aliphatic rings. The van der Waals surface area contributed by atoms with Gasteiger partial charge in [-0.05, 0) is 112 Å². The third-order valence-electron chi connectivity index (χ3n) is 12.1. The molecule has 65 heavy (non-hydrogen) atoms. The van der Waals surface area contributed by atoms with Gasteiger partial charge in [-0.3, -0.25) is 9.59 Å². The Hall–Kier alpha value is -7.04. The van der Waals surface area contributed by atoms with E-state index in [0.29, 0.717) is 23.1 Å². The molecule has 14 nitrogen and oxygen atoms in total. The highest BCUT2D eigenvalue weighted by Crippen LogP contribution is 2.48. The third-order valence-corrected chi connectivity index (χ3v) is 14.2. The summed E-state index contributed by atoms with van der Waals surface area (Å²) in [4.78, 5) is 46.2. The smallest absolute Gasteiger partial charge is 0.223 e. The number of pyridine rings is 2. The van der Waals surface area contributed by atoms with Crippen LogP contribution in [0.1, 0.15) is 72.3 Å². The molecule has 0 saturated carbocycles. The normalized spacial score (nSPS) is 14.0. The second-order valence-electron chi connectivity index (χ2n) is 16.5. The molecule has 8 aromatic rings. The van der Waals surface area contributed by atoms with Crippen LogP contribution in [-0.4, -0.2) is 64.9 Å². The van der Waals surface area contributed by atoms with Crippen molar-refractivity contribution in [1.82, 2.24) is 39.5 Å². The SMILES string of the molecule is CCNc1ccc(-c2nn(-c3ccccc3C)c3c2CC(c2cccc(-n4nc(-c5ccc(NC)nc5)c5c4-c4sc(NC(C)=O)nc4CCC5)c2C)Cc2nc(NC(C)=O)sc2-3)cn1. The molecule has 0 saturated heterocycles. The minimum Gasteiger partial charge on any atom is -0.373 e. The van der Waals surface area contributed by atoms with Crippen LogP contribution in [0.3, 0.4) is 0 Å². The highest BCUT2D eigenvalue weighted by molar-refractivity contribution is 7.19. The second kappa shape index (κ2) is 17.2. The molecular formula is C49H48N12O2S2. The number of hydrogen-bond donors (Lipinski definition) is 4. The number of thiazole rings is 2. The number of amides is 2. The molecule has 4 N–H and O–H groups in total. The number of benzene rings is 2. The zero-order valence-electron chi connectivity index (χ0n) is 37.0. The van der Waals surface area contributed by atoms with E-state index in [1.165, 1.54) is 36.5 Å². The number of rotatable bonds is 10. The molecule has 0 radical (unpaired) electrons. The monoisotopic (exact) mass is 900 g/mol. The predicted molar refractivity (Wildman–Crippen MR) is 260 cm³/mol. The third kappa shape index (κ3) is 7.75. The molecule has 2 aliphatic carbocycles. The van der Waals surface area contributed by atoms with Crippen LogP contribution in [0, 0.1) is 13.8 Å². The molecule has 0 spiro atoms. The molecule has 16 heteroatoms. The summed E-state index contributed by atoms with van der Waals surface area (Å²) in [7, 11) is 1.86. The van der Waals surface area contributed by atoms with Crippen molar-refractivity contribution < 1.29 is 9.59 Å². The maximum atomic E-state index is 12.5. The fourth-order valence-electron chi connectivity index (χ4n) is 9.22. The second-order valence-corrected chi connectivity index (χ2v) is 18.5. The van der Waals surface area contributed by atoms with E-state index in [4.69, 9.17) is 25.1 Å². The molecule has 1 atom stereocenters. The van der Waals surface area contributed by atoms with Crippen LogP contribution in [0.25, 0.3) is 55.0 Å². The first-order valence-electron chi connectivity index (χ1n) is 21.9. The predicted octanol–water partition coefficient (Wildman–Crippen LogP) is 9.81. The van der Waals surface area contributed by atoms with Crippen molar-refractivity contribution in [2.75, 3.05) is 34.9 Å². The van der Waals surface area contributed by atoms with Gasteiger partial charge in [0.2, 0.25) is 11.8 Å². The first-order chi connectivity index (χ1) is 31.6. The fourth-order valence-corrected chi connectivity index (χ4v) is 11.4. The van der Waals surface area contributed by atoms with Crippen LogP contribution in [-0.2, 0) is 35.3 Å². The molecule has 2 aromatic carbocycles. The Balaban J connectivity index is 1.17. The molecule has 10 rings (SSSR count). The van der Waals surface area contributed by atoms with Gasteiger partial charge in [0.15, 0.2) is 10.3 Å². The highest BCUT2D eigenvalue weighted by atomic mass is 32.1. The largest absolute Gasteiger partial charge is 0.373 e. The number of nitrogens with zero attached hydrogens (tertiary/aromatic N) is 8. The van der Waals surface area contributed by atoms with Gasteiger partial charge >= 0.3 is 0 Å². The number of anilines is 4. The Labute approximate surface area is 384 Å². The Morgan fingerprint density at radius 1 is 0.708 bits per heavy atom. The van der Waals surface area contributed by atoms with Gasteiger partial charge in [-0.25, -0.2) is 29.3 Å². The number of fused-ring (bicyclic) bond motifs is 6. The molecular weight excluding hydrogens is 853 g/mol. The Morgan fingerprint density at radius 2 is 1.32 bits per heavy atom. The van der Waals surface area contributed by atoms with Crippen LogP contribution >= 0.6 is 22.7 Å². The van der Waals surface area contributed by atoms with Crippen molar-refractivity contribution in [2.24, 2.45) is 0 Å². The van der Waals surface area contributed by atoms with Crippen molar-refractivity contribution in [3.05, 3.63) is 118 Å². The number of carbonyl (C=O) groups is 2. The lowest BCUT2D eigenvalue weighted by Gasteiger charge is -2.21. The Bertz CT molecular complexity index is 3120. The zero-order chi connectivity index (χ0) is 44.9. The topological polar surface area (TPSA) is 169 Å². The molecule has 2 amide bonds. The first-order valence-corrected chi connectivity index (χ1v) is 23.5. The average molecular weight is 901 g/mol. The first kappa shape index (κ1) is 41.9. The average Bonchev–Trinajstić information content (AvgIpc) is 4.02. The lowest BCUT2D eigenvalue weighted by Crippen LogP contribution is -2.11. The van der Waals surface area contributed by atoms with E-state index in [2.05, 4.69) is 98.9 Å².